The zero-order valence-corrected chi connectivity index (χ0v) is 26.0. The third-order valence-corrected chi connectivity index (χ3v) is 7.14. The molecule has 0 aliphatic heterocycles. The lowest BCUT2D eigenvalue weighted by Gasteiger charge is -2.25. The molecular weight excluding hydrogens is 572 g/mol. The molecule has 0 radical (unpaired) electrons. The summed E-state index contributed by atoms with van der Waals surface area (Å²) in [5.74, 6) is -0.757. The van der Waals surface area contributed by atoms with Gasteiger partial charge >= 0.3 is 5.97 Å². The molecule has 3 N–H and O–H groups in total. The Morgan fingerprint density at radius 1 is 0.977 bits per heavy atom. The van der Waals surface area contributed by atoms with Crippen LogP contribution in [0.15, 0.2) is 60.9 Å². The minimum atomic E-state index is -0.996. The van der Waals surface area contributed by atoms with E-state index >= 15 is 0 Å². The molecule has 43 heavy (non-hydrogen) atoms. The smallest absolute Gasteiger partial charge is 0.344 e. The molecule has 0 saturated carbocycles. The highest BCUT2D eigenvalue weighted by atomic mass is 32.2. The first-order chi connectivity index (χ1) is 20.5. The van der Waals surface area contributed by atoms with Crippen LogP contribution in [0.25, 0.3) is 0 Å². The fraction of sp³-hybridized carbons (Fsp3) is 0.438. The number of amides is 2. The second-order valence-electron chi connectivity index (χ2n) is 10.0. The molecule has 2 amide bonds. The predicted octanol–water partition coefficient (Wildman–Crippen LogP) is 4.16. The van der Waals surface area contributed by atoms with Gasteiger partial charge in [-0.15, -0.1) is 11.8 Å². The molecule has 0 bridgehead atoms. The maximum absolute atomic E-state index is 13.3. The van der Waals surface area contributed by atoms with Crippen LogP contribution in [0.2, 0.25) is 0 Å². The molecule has 0 heterocycles. The Kier molecular flexibility index (Phi) is 15.2. The standard InChI is InChI=1S/C32H42N2O8S/c1-6-40-28-14-13-25(42-18-30(38)41-7-2)16-24(28)17-29(37)34-31(21(3)4)32(39)33-26(15-22(5)35)27(36)20-43-19-23-11-9-8-10-12-23/h8-14,16,21,26,31,35H,5-7,15,17-20H2,1-4H3,(H,33,39)(H,34,37)/t26-,31-/m0/s1. The van der Waals surface area contributed by atoms with E-state index in [1.807, 2.05) is 37.3 Å². The molecule has 2 aromatic carbocycles. The molecule has 0 fully saturated rings. The van der Waals surface area contributed by atoms with Gasteiger partial charge in [0.2, 0.25) is 11.8 Å². The number of esters is 1. The number of rotatable bonds is 19. The first kappa shape index (κ1) is 35.2. The summed E-state index contributed by atoms with van der Waals surface area (Å²) in [5.41, 5.74) is 1.57. The Labute approximate surface area is 257 Å². The van der Waals surface area contributed by atoms with E-state index in [0.717, 1.165) is 5.56 Å². The summed E-state index contributed by atoms with van der Waals surface area (Å²) in [6, 6.07) is 12.6. The summed E-state index contributed by atoms with van der Waals surface area (Å²) in [5, 5.41) is 15.3. The van der Waals surface area contributed by atoms with Crippen molar-refractivity contribution in [3.63, 3.8) is 0 Å². The highest BCUT2D eigenvalue weighted by Crippen LogP contribution is 2.25. The van der Waals surface area contributed by atoms with E-state index in [9.17, 15) is 24.3 Å². The predicted molar refractivity (Wildman–Crippen MR) is 166 cm³/mol. The zero-order chi connectivity index (χ0) is 31.8. The summed E-state index contributed by atoms with van der Waals surface area (Å²) < 4.78 is 16.0. The molecule has 234 valence electrons. The van der Waals surface area contributed by atoms with Crippen molar-refractivity contribution >= 4 is 35.3 Å². The lowest BCUT2D eigenvalue weighted by molar-refractivity contribution is -0.145. The minimum absolute atomic E-state index is 0.126. The highest BCUT2D eigenvalue weighted by Gasteiger charge is 2.29. The fourth-order valence-electron chi connectivity index (χ4n) is 4.04. The fourth-order valence-corrected chi connectivity index (χ4v) is 4.98. The third-order valence-electron chi connectivity index (χ3n) is 6.11. The summed E-state index contributed by atoms with van der Waals surface area (Å²) in [7, 11) is 0. The minimum Gasteiger partial charge on any atom is -0.513 e. The van der Waals surface area contributed by atoms with E-state index in [1.54, 1.807) is 39.0 Å². The first-order valence-electron chi connectivity index (χ1n) is 14.2. The van der Waals surface area contributed by atoms with Crippen molar-refractivity contribution in [2.75, 3.05) is 25.6 Å². The number of aliphatic hydroxyl groups is 1. The number of Topliss-reactive ketones (excluding diaryl/α,β-unsaturated/α-hetero) is 1. The van der Waals surface area contributed by atoms with E-state index in [4.69, 9.17) is 14.2 Å². The molecule has 2 rings (SSSR count). The number of nitrogens with one attached hydrogen (secondary N) is 2. The van der Waals surface area contributed by atoms with Crippen LogP contribution in [0.5, 0.6) is 11.5 Å². The second kappa shape index (κ2) is 18.5. The average molecular weight is 615 g/mol. The summed E-state index contributed by atoms with van der Waals surface area (Å²) in [6.45, 7) is 10.9. The van der Waals surface area contributed by atoms with Gasteiger partial charge in [0, 0.05) is 17.7 Å². The van der Waals surface area contributed by atoms with Gasteiger partial charge in [-0.05, 0) is 43.5 Å². The molecule has 0 aliphatic carbocycles. The van der Waals surface area contributed by atoms with Gasteiger partial charge in [0.1, 0.15) is 17.5 Å². The topological polar surface area (TPSA) is 140 Å². The lowest BCUT2D eigenvalue weighted by atomic mass is 10.0. The maximum Gasteiger partial charge on any atom is 0.344 e. The van der Waals surface area contributed by atoms with Crippen molar-refractivity contribution in [3.8, 4) is 11.5 Å². The molecule has 10 nitrogen and oxygen atoms in total. The maximum atomic E-state index is 13.3. The molecule has 0 aliphatic rings. The Hall–Kier alpha value is -3.99. The van der Waals surface area contributed by atoms with Crippen LogP contribution in [0, 0.1) is 5.92 Å². The largest absolute Gasteiger partial charge is 0.513 e. The van der Waals surface area contributed by atoms with Crippen molar-refractivity contribution in [1.82, 2.24) is 10.6 Å². The molecule has 0 saturated heterocycles. The Bertz CT molecular complexity index is 1240. The lowest BCUT2D eigenvalue weighted by Crippen LogP contribution is -2.54. The summed E-state index contributed by atoms with van der Waals surface area (Å²) in [6.07, 6.45) is -0.264. The number of carbonyl (C=O) groups excluding carboxylic acids is 4. The number of hydrogen-bond donors (Lipinski definition) is 3. The van der Waals surface area contributed by atoms with Gasteiger partial charge < -0.3 is 30.0 Å². The molecule has 2 aromatic rings. The molecule has 0 spiro atoms. The van der Waals surface area contributed by atoms with Gasteiger partial charge in [0.05, 0.1) is 37.2 Å². The van der Waals surface area contributed by atoms with Crippen LogP contribution in [0.4, 0.5) is 0 Å². The van der Waals surface area contributed by atoms with E-state index in [-0.39, 0.29) is 49.3 Å². The summed E-state index contributed by atoms with van der Waals surface area (Å²) in [4.78, 5) is 51.1. The van der Waals surface area contributed by atoms with Crippen molar-refractivity contribution < 1.29 is 38.5 Å². The quantitative estimate of drug-likeness (QED) is 0.157. The SMILES string of the molecule is C=C(O)C[C@H](NC(=O)[C@@H](NC(=O)Cc1cc(OCC(=O)OCC)ccc1OCC)C(C)C)C(=O)CSCc1ccccc1. The second-order valence-corrected chi connectivity index (χ2v) is 11.0. The third kappa shape index (κ3) is 12.8. The summed E-state index contributed by atoms with van der Waals surface area (Å²) >= 11 is 1.41. The Morgan fingerprint density at radius 2 is 1.70 bits per heavy atom. The van der Waals surface area contributed by atoms with Gasteiger partial charge in [-0.25, -0.2) is 4.79 Å². The van der Waals surface area contributed by atoms with Gasteiger partial charge in [-0.1, -0.05) is 50.8 Å². The van der Waals surface area contributed by atoms with Crippen LogP contribution in [-0.4, -0.2) is 66.3 Å². The normalized spacial score (nSPS) is 12.1. The van der Waals surface area contributed by atoms with Crippen LogP contribution in [0.3, 0.4) is 0 Å². The van der Waals surface area contributed by atoms with E-state index in [1.165, 1.54) is 11.8 Å². The van der Waals surface area contributed by atoms with Crippen LogP contribution < -0.4 is 20.1 Å². The van der Waals surface area contributed by atoms with Crippen molar-refractivity contribution in [3.05, 3.63) is 72.0 Å². The molecule has 0 aromatic heterocycles. The molecule has 11 heteroatoms. The number of benzene rings is 2. The van der Waals surface area contributed by atoms with Gasteiger partial charge in [0.15, 0.2) is 12.4 Å². The Morgan fingerprint density at radius 3 is 2.33 bits per heavy atom. The molecule has 2 atom stereocenters. The van der Waals surface area contributed by atoms with Gasteiger partial charge in [0.25, 0.3) is 0 Å². The van der Waals surface area contributed by atoms with E-state index in [2.05, 4.69) is 17.2 Å². The van der Waals surface area contributed by atoms with Crippen molar-refractivity contribution in [2.24, 2.45) is 5.92 Å². The number of aliphatic hydroxyl groups excluding tert-OH is 1. The zero-order valence-electron chi connectivity index (χ0n) is 25.2. The monoisotopic (exact) mass is 614 g/mol. The van der Waals surface area contributed by atoms with Gasteiger partial charge in [-0.2, -0.15) is 0 Å². The van der Waals surface area contributed by atoms with E-state index < -0.39 is 29.9 Å². The number of hydrogen-bond acceptors (Lipinski definition) is 9. The van der Waals surface area contributed by atoms with Crippen molar-refractivity contribution in [2.45, 2.75) is 58.4 Å². The van der Waals surface area contributed by atoms with Crippen LogP contribution in [0.1, 0.15) is 45.2 Å². The van der Waals surface area contributed by atoms with E-state index in [0.29, 0.717) is 29.4 Å². The van der Waals surface area contributed by atoms with Crippen LogP contribution >= 0.6 is 11.8 Å². The van der Waals surface area contributed by atoms with Crippen LogP contribution in [-0.2, 0) is 36.1 Å². The van der Waals surface area contributed by atoms with Crippen molar-refractivity contribution in [1.29, 1.82) is 0 Å². The first-order valence-corrected chi connectivity index (χ1v) is 15.3. The molecule has 0 unspecified atom stereocenters. The average Bonchev–Trinajstić information content (AvgIpc) is 2.96. The number of thioether (sulfide) groups is 1. The number of ether oxygens (including phenoxy) is 3. The molecular formula is C32H42N2O8S. The number of ketones is 1. The highest BCUT2D eigenvalue weighted by molar-refractivity contribution is 7.99. The van der Waals surface area contributed by atoms with Gasteiger partial charge in [-0.3, -0.25) is 14.4 Å². The number of carbonyl (C=O) groups is 4. The Balaban J connectivity index is 2.08.